The number of carboxylic acids is 1. The van der Waals surface area contributed by atoms with E-state index in [-0.39, 0.29) is 44.7 Å². The molecule has 1 aliphatic rings. The van der Waals surface area contributed by atoms with Crippen molar-refractivity contribution in [1.82, 2.24) is 31.2 Å². The van der Waals surface area contributed by atoms with Crippen LogP contribution >= 0.6 is 0 Å². The lowest BCUT2D eigenvalue weighted by atomic mass is 10.0. The third-order valence-corrected chi connectivity index (χ3v) is 7.90. The Bertz CT molecular complexity index is 1530. The lowest BCUT2D eigenvalue weighted by Gasteiger charge is -2.29. The predicted molar refractivity (Wildman–Crippen MR) is 175 cm³/mol. The van der Waals surface area contributed by atoms with Crippen LogP contribution in [0.1, 0.15) is 31.2 Å². The van der Waals surface area contributed by atoms with E-state index in [1.165, 1.54) is 4.90 Å². The van der Waals surface area contributed by atoms with E-state index in [0.29, 0.717) is 6.42 Å². The van der Waals surface area contributed by atoms with Crippen molar-refractivity contribution in [3.05, 3.63) is 36.0 Å². The van der Waals surface area contributed by atoms with Gasteiger partial charge in [-0.05, 0) is 37.3 Å². The van der Waals surface area contributed by atoms with E-state index >= 15 is 0 Å². The second-order valence-electron chi connectivity index (χ2n) is 11.5. The quantitative estimate of drug-likeness (QED) is 0.0403. The Hall–Kier alpha value is -5.27. The Morgan fingerprint density at radius 1 is 0.980 bits per heavy atom. The smallest absolute Gasteiger partial charge is 0.326 e. The highest BCUT2D eigenvalue weighted by molar-refractivity contribution is 5.96. The fraction of sp³-hybridized carbons (Fsp3) is 0.500. The molecule has 0 spiro atoms. The number of nitrogens with zero attached hydrogens (tertiary/aromatic N) is 2. The van der Waals surface area contributed by atoms with Gasteiger partial charge in [-0.1, -0.05) is 18.2 Å². The monoisotopic (exact) mass is 688 g/mol. The van der Waals surface area contributed by atoms with Gasteiger partial charge in [0.05, 0.1) is 19.8 Å². The number of H-pyrrole nitrogens is 1. The number of hydrogen-bond acceptors (Lipinski definition) is 10. The number of amides is 5. The zero-order chi connectivity index (χ0) is 36.1. The lowest BCUT2D eigenvalue weighted by molar-refractivity contribution is -0.142. The van der Waals surface area contributed by atoms with Crippen LogP contribution in [0.25, 0.3) is 10.9 Å². The molecule has 5 atom stereocenters. The molecule has 0 radical (unpaired) electrons. The van der Waals surface area contributed by atoms with E-state index in [1.807, 2.05) is 24.3 Å². The van der Waals surface area contributed by atoms with Crippen molar-refractivity contribution < 1.29 is 44.1 Å². The van der Waals surface area contributed by atoms with Crippen molar-refractivity contribution in [2.24, 2.45) is 22.2 Å². The van der Waals surface area contributed by atoms with Gasteiger partial charge in [0, 0.05) is 36.6 Å². The zero-order valence-electron chi connectivity index (χ0n) is 26.8. The molecule has 0 unspecified atom stereocenters. The van der Waals surface area contributed by atoms with Crippen LogP contribution in [0.2, 0.25) is 0 Å². The minimum absolute atomic E-state index is 0.0306. The molecule has 0 aliphatic carbocycles. The molecule has 2 heterocycles. The van der Waals surface area contributed by atoms with E-state index in [2.05, 4.69) is 31.2 Å². The molecule has 1 saturated heterocycles. The zero-order valence-corrected chi connectivity index (χ0v) is 26.8. The number of para-hydroxylation sites is 1. The van der Waals surface area contributed by atoms with Gasteiger partial charge in [0.25, 0.3) is 0 Å². The number of carbonyl (C=O) groups is 6. The second-order valence-corrected chi connectivity index (χ2v) is 11.5. The average Bonchev–Trinajstić information content (AvgIpc) is 3.74. The number of hydrogen-bond donors (Lipinski definition) is 11. The predicted octanol–water partition coefficient (Wildman–Crippen LogP) is -4.28. The van der Waals surface area contributed by atoms with Crippen LogP contribution in [0.5, 0.6) is 0 Å². The molecule has 3 rings (SSSR count). The number of aliphatic imine (C=N–C) groups is 1. The fourth-order valence-electron chi connectivity index (χ4n) is 5.34. The van der Waals surface area contributed by atoms with Gasteiger partial charge in [0.2, 0.25) is 29.5 Å². The highest BCUT2D eigenvalue weighted by Gasteiger charge is 2.38. The van der Waals surface area contributed by atoms with Crippen LogP contribution in [0.15, 0.2) is 35.5 Å². The number of nitrogens with one attached hydrogen (secondary N) is 5. The molecule has 49 heavy (non-hydrogen) atoms. The molecule has 1 aliphatic heterocycles. The van der Waals surface area contributed by atoms with Crippen LogP contribution < -0.4 is 38.5 Å². The fourth-order valence-corrected chi connectivity index (χ4v) is 5.34. The molecule has 1 fully saturated rings. The number of fused-ring (bicyclic) bond motifs is 1. The first-order valence-corrected chi connectivity index (χ1v) is 15.6. The number of aliphatic hydroxyl groups is 2. The molecule has 0 saturated carbocycles. The lowest BCUT2D eigenvalue weighted by Crippen LogP contribution is -2.57. The highest BCUT2D eigenvalue weighted by Crippen LogP contribution is 2.23. The largest absolute Gasteiger partial charge is 0.480 e. The standard InChI is InChI=1S/C30H44N10O9/c31-18(14-41)25(44)39-21(11-16-12-35-19-6-2-1-5-17(16)19)28(47)40-10-4-8-23(40)27(46)36-13-24(43)37-22(15-42)26(45)38-20(29(48)49)7-3-9-34-30(32)33/h1-2,5-6,12,18,20-23,35,41-42H,3-4,7-11,13-15,31H2,(H,36,46)(H,37,43)(H,38,45)(H,39,44)(H,48,49)(H4,32,33,34)/t18-,20-,21-,22-,23-/m0/s1. The number of aliphatic carboxylic acids is 1. The Morgan fingerprint density at radius 3 is 2.37 bits per heavy atom. The van der Waals surface area contributed by atoms with Crippen molar-refractivity contribution in [3.8, 4) is 0 Å². The van der Waals surface area contributed by atoms with Crippen molar-refractivity contribution in [3.63, 3.8) is 0 Å². The highest BCUT2D eigenvalue weighted by atomic mass is 16.4. The number of nitrogens with two attached hydrogens (primary N) is 3. The summed E-state index contributed by atoms with van der Waals surface area (Å²) in [6.07, 6.45) is 2.70. The van der Waals surface area contributed by atoms with Gasteiger partial charge in [-0.2, -0.15) is 0 Å². The topological polar surface area (TPSA) is 321 Å². The summed E-state index contributed by atoms with van der Waals surface area (Å²) in [6, 6.07) is 1.12. The summed E-state index contributed by atoms with van der Waals surface area (Å²) in [4.78, 5) is 84.6. The van der Waals surface area contributed by atoms with Crippen molar-refractivity contribution in [2.75, 3.05) is 32.8 Å². The van der Waals surface area contributed by atoms with Gasteiger partial charge < -0.3 is 63.7 Å². The number of aromatic nitrogens is 1. The van der Waals surface area contributed by atoms with Gasteiger partial charge in [-0.25, -0.2) is 4.79 Å². The van der Waals surface area contributed by atoms with Crippen LogP contribution in [0.3, 0.4) is 0 Å². The van der Waals surface area contributed by atoms with Crippen LogP contribution in [-0.4, -0.2) is 130 Å². The second kappa shape index (κ2) is 18.3. The van der Waals surface area contributed by atoms with Gasteiger partial charge in [0.15, 0.2) is 5.96 Å². The number of benzene rings is 1. The summed E-state index contributed by atoms with van der Waals surface area (Å²) in [5.41, 5.74) is 17.7. The van der Waals surface area contributed by atoms with Crippen LogP contribution in [-0.2, 0) is 35.2 Å². The number of carboxylic acid groups (broad SMARTS) is 1. The molecule has 1 aromatic heterocycles. The van der Waals surface area contributed by atoms with Crippen LogP contribution in [0.4, 0.5) is 0 Å². The van der Waals surface area contributed by atoms with Gasteiger partial charge >= 0.3 is 5.97 Å². The third-order valence-electron chi connectivity index (χ3n) is 7.90. The van der Waals surface area contributed by atoms with E-state index in [1.54, 1.807) is 6.20 Å². The molecule has 268 valence electrons. The number of guanidine groups is 1. The molecular weight excluding hydrogens is 644 g/mol. The van der Waals surface area contributed by atoms with Gasteiger partial charge in [-0.15, -0.1) is 0 Å². The number of aromatic amines is 1. The number of aliphatic hydroxyl groups excluding tert-OH is 2. The SMILES string of the molecule is NC(N)=NCCC[C@H](NC(=O)[C@H](CO)NC(=O)CNC(=O)[C@@H]1CCCN1C(=O)[C@H](Cc1c[nH]c2ccccc12)NC(=O)[C@@H](N)CO)C(=O)O. The van der Waals surface area contributed by atoms with Crippen LogP contribution in [0, 0.1) is 0 Å². The molecule has 5 amide bonds. The van der Waals surface area contributed by atoms with Gasteiger partial charge in [0.1, 0.15) is 30.2 Å². The normalized spacial score (nSPS) is 16.6. The molecule has 1 aromatic carbocycles. The molecule has 19 heteroatoms. The molecule has 0 bridgehead atoms. The Morgan fingerprint density at radius 2 is 1.69 bits per heavy atom. The molecule has 2 aromatic rings. The molecule has 19 nitrogen and oxygen atoms in total. The maximum absolute atomic E-state index is 13.8. The van der Waals surface area contributed by atoms with Crippen molar-refractivity contribution in [1.29, 1.82) is 0 Å². The minimum atomic E-state index is -1.52. The Balaban J connectivity index is 1.61. The van der Waals surface area contributed by atoms with E-state index in [0.717, 1.165) is 16.5 Å². The summed E-state index contributed by atoms with van der Waals surface area (Å²) in [5, 5.41) is 38.8. The Labute approximate surface area is 281 Å². The van der Waals surface area contributed by atoms with E-state index < -0.39 is 85.5 Å². The Kier molecular flexibility index (Phi) is 14.3. The van der Waals surface area contributed by atoms with Crippen molar-refractivity contribution >= 4 is 52.4 Å². The van der Waals surface area contributed by atoms with E-state index in [9.17, 15) is 44.1 Å². The maximum atomic E-state index is 13.8. The summed E-state index contributed by atoms with van der Waals surface area (Å²) in [7, 11) is 0. The summed E-state index contributed by atoms with van der Waals surface area (Å²) in [6.45, 7) is -1.80. The maximum Gasteiger partial charge on any atom is 0.326 e. The third kappa shape index (κ3) is 10.9. The summed E-state index contributed by atoms with van der Waals surface area (Å²) in [5.74, 6) is -5.31. The van der Waals surface area contributed by atoms with Gasteiger partial charge in [-0.3, -0.25) is 29.0 Å². The average molecular weight is 689 g/mol. The summed E-state index contributed by atoms with van der Waals surface area (Å²) < 4.78 is 0. The molecular formula is C30H44N10O9. The summed E-state index contributed by atoms with van der Waals surface area (Å²) >= 11 is 0. The number of rotatable bonds is 18. The first kappa shape index (κ1) is 38.2. The minimum Gasteiger partial charge on any atom is -0.480 e. The number of likely N-dealkylation sites (tertiary alicyclic amines) is 1. The first-order valence-electron chi connectivity index (χ1n) is 15.6. The van der Waals surface area contributed by atoms with Crippen molar-refractivity contribution in [2.45, 2.75) is 62.3 Å². The first-order chi connectivity index (χ1) is 23.4. The van der Waals surface area contributed by atoms with E-state index in [4.69, 9.17) is 17.2 Å². The number of carbonyl (C=O) groups excluding carboxylic acids is 5. The molecule has 14 N–H and O–H groups in total.